The topological polar surface area (TPSA) is 136 Å². The number of aromatic nitrogens is 4. The molecule has 100 valence electrons. The van der Waals surface area contributed by atoms with Gasteiger partial charge in [-0.1, -0.05) is 0 Å². The highest BCUT2D eigenvalue weighted by Crippen LogP contribution is 2.45. The Kier molecular flexibility index (Phi) is 2.61. The van der Waals surface area contributed by atoms with Crippen LogP contribution in [0.25, 0.3) is 17.4 Å². The minimum atomic E-state index is -0.000943. The predicted molar refractivity (Wildman–Crippen MR) is 69.6 cm³/mol. The van der Waals surface area contributed by atoms with E-state index in [0.717, 1.165) is 5.57 Å². The van der Waals surface area contributed by atoms with Crippen LogP contribution in [0.5, 0.6) is 0 Å². The minimum Gasteiger partial charge on any atom is -0.396 e. The van der Waals surface area contributed by atoms with E-state index >= 15 is 0 Å². The van der Waals surface area contributed by atoms with Crippen molar-refractivity contribution in [2.75, 3.05) is 24.7 Å². The monoisotopic (exact) mass is 262 g/mol. The predicted octanol–water partition coefficient (Wildman–Crippen LogP) is -0.938. The molecule has 0 unspecified atom stereocenters. The van der Waals surface area contributed by atoms with Gasteiger partial charge in [0.25, 0.3) is 0 Å². The molecule has 0 bridgehead atoms. The van der Waals surface area contributed by atoms with Gasteiger partial charge in [0.1, 0.15) is 6.33 Å². The van der Waals surface area contributed by atoms with Crippen molar-refractivity contribution >= 4 is 29.1 Å². The lowest BCUT2D eigenvalue weighted by molar-refractivity contribution is 0.232. The number of hydrogen-bond acceptors (Lipinski definition) is 7. The van der Waals surface area contributed by atoms with Crippen molar-refractivity contribution < 1.29 is 10.2 Å². The van der Waals surface area contributed by atoms with Crippen molar-refractivity contribution in [2.45, 2.75) is 0 Å². The van der Waals surface area contributed by atoms with Crippen molar-refractivity contribution in [3.8, 4) is 0 Å². The summed E-state index contributed by atoms with van der Waals surface area (Å²) in [6, 6.07) is 0. The molecule has 8 nitrogen and oxygen atoms in total. The van der Waals surface area contributed by atoms with Crippen molar-refractivity contribution in [1.29, 1.82) is 0 Å². The maximum Gasteiger partial charge on any atom is 0.224 e. The first-order chi connectivity index (χ1) is 9.15. The molecule has 0 amide bonds. The molecule has 1 fully saturated rings. The summed E-state index contributed by atoms with van der Waals surface area (Å²) in [5, 5.41) is 18.3. The van der Waals surface area contributed by atoms with Crippen LogP contribution in [0.2, 0.25) is 0 Å². The van der Waals surface area contributed by atoms with Gasteiger partial charge >= 0.3 is 0 Å². The Hall–Kier alpha value is -2.19. The van der Waals surface area contributed by atoms with E-state index in [9.17, 15) is 0 Å². The van der Waals surface area contributed by atoms with Crippen LogP contribution in [0.1, 0.15) is 0 Å². The third-order valence-corrected chi connectivity index (χ3v) is 3.38. The molecule has 3 rings (SSSR count). The van der Waals surface area contributed by atoms with E-state index in [4.69, 9.17) is 21.7 Å². The van der Waals surface area contributed by atoms with Crippen molar-refractivity contribution in [3.63, 3.8) is 0 Å². The summed E-state index contributed by atoms with van der Waals surface area (Å²) in [6.07, 6.45) is 3.35. The van der Waals surface area contributed by atoms with Gasteiger partial charge in [-0.25, -0.2) is 4.98 Å². The van der Waals surface area contributed by atoms with Crippen LogP contribution in [0.15, 0.2) is 11.9 Å². The molecule has 0 spiro atoms. The van der Waals surface area contributed by atoms with E-state index < -0.39 is 0 Å². The first-order valence-electron chi connectivity index (χ1n) is 5.84. The smallest absolute Gasteiger partial charge is 0.224 e. The van der Waals surface area contributed by atoms with Gasteiger partial charge in [-0.15, -0.1) is 0 Å². The molecule has 1 saturated carbocycles. The van der Waals surface area contributed by atoms with Crippen molar-refractivity contribution in [3.05, 3.63) is 11.9 Å². The summed E-state index contributed by atoms with van der Waals surface area (Å²) in [5.41, 5.74) is 13.2. The minimum absolute atomic E-state index is 0.000943. The molecule has 2 aromatic heterocycles. The van der Waals surface area contributed by atoms with E-state index in [0.29, 0.717) is 11.2 Å². The molecule has 0 radical (unpaired) electrons. The molecule has 2 atom stereocenters. The van der Waals surface area contributed by atoms with E-state index in [1.165, 1.54) is 0 Å². The van der Waals surface area contributed by atoms with Crippen molar-refractivity contribution in [2.24, 2.45) is 11.8 Å². The van der Waals surface area contributed by atoms with Gasteiger partial charge in [0.05, 0.1) is 13.2 Å². The fraction of sp³-hybridized carbons (Fsp3) is 0.364. The third-order valence-electron chi connectivity index (χ3n) is 3.38. The quantitative estimate of drug-likeness (QED) is 0.560. The summed E-state index contributed by atoms with van der Waals surface area (Å²) in [7, 11) is 0. The molecule has 1 aliphatic carbocycles. The lowest BCUT2D eigenvalue weighted by Crippen LogP contribution is -2.01. The summed E-state index contributed by atoms with van der Waals surface area (Å²) < 4.78 is 1.68. The van der Waals surface area contributed by atoms with Crippen LogP contribution < -0.4 is 11.5 Å². The van der Waals surface area contributed by atoms with Gasteiger partial charge in [-0.3, -0.25) is 4.57 Å². The Morgan fingerprint density at radius 2 is 1.89 bits per heavy atom. The summed E-state index contributed by atoms with van der Waals surface area (Å²) in [5.74, 6) is 0.309. The average molecular weight is 262 g/mol. The third kappa shape index (κ3) is 1.81. The Morgan fingerprint density at radius 1 is 1.21 bits per heavy atom. The Balaban J connectivity index is 2.05. The fourth-order valence-corrected chi connectivity index (χ4v) is 2.27. The van der Waals surface area contributed by atoms with Gasteiger partial charge in [0, 0.05) is 18.0 Å². The highest BCUT2D eigenvalue weighted by molar-refractivity contribution is 5.84. The standard InChI is InChI=1S/C11H14N6O2/c12-9-8-10(16-11(13)15-9)17(4-14-8)1-5-6(2-18)7(5)3-19/h1,4,6-7,18-19H,2-3H2,(H4,12,13,15,16)/t6-,7+. The molecule has 19 heavy (non-hydrogen) atoms. The zero-order valence-corrected chi connectivity index (χ0v) is 10.1. The number of nitrogens with zero attached hydrogens (tertiary/aromatic N) is 4. The molecular formula is C11H14N6O2. The van der Waals surface area contributed by atoms with Crippen LogP contribution in [-0.4, -0.2) is 42.9 Å². The van der Waals surface area contributed by atoms with Crippen LogP contribution >= 0.6 is 0 Å². The number of anilines is 2. The van der Waals surface area contributed by atoms with Crippen LogP contribution in [-0.2, 0) is 0 Å². The number of imidazole rings is 1. The highest BCUT2D eigenvalue weighted by Gasteiger charge is 2.43. The summed E-state index contributed by atoms with van der Waals surface area (Å²) in [6.45, 7) is 0.0336. The molecule has 8 heteroatoms. The van der Waals surface area contributed by atoms with Gasteiger partial charge in [0.15, 0.2) is 17.0 Å². The Morgan fingerprint density at radius 3 is 2.53 bits per heavy atom. The van der Waals surface area contributed by atoms with Gasteiger partial charge in [0.2, 0.25) is 5.95 Å². The number of rotatable bonds is 3. The molecule has 6 N–H and O–H groups in total. The number of aliphatic hydroxyl groups is 2. The number of hydrogen-bond donors (Lipinski definition) is 4. The van der Waals surface area contributed by atoms with E-state index in [1.54, 1.807) is 17.1 Å². The zero-order chi connectivity index (χ0) is 13.6. The number of fused-ring (bicyclic) bond motifs is 1. The molecule has 2 aromatic rings. The SMILES string of the molecule is Nc1nc(N)c2ncn(C=C3[C@@H](CO)[C@H]3CO)c2n1. The normalized spacial score (nSPS) is 24.2. The van der Waals surface area contributed by atoms with Crippen LogP contribution in [0.4, 0.5) is 11.8 Å². The number of nitrogen functional groups attached to an aromatic ring is 2. The number of aliphatic hydroxyl groups excluding tert-OH is 2. The molecule has 2 heterocycles. The Labute approximate surface area is 108 Å². The molecular weight excluding hydrogens is 248 g/mol. The lowest BCUT2D eigenvalue weighted by atomic mass is 10.3. The zero-order valence-electron chi connectivity index (χ0n) is 10.1. The van der Waals surface area contributed by atoms with Gasteiger partial charge < -0.3 is 21.7 Å². The first-order valence-corrected chi connectivity index (χ1v) is 5.84. The maximum atomic E-state index is 9.17. The van der Waals surface area contributed by atoms with Crippen LogP contribution in [0.3, 0.4) is 0 Å². The average Bonchev–Trinajstić information content (AvgIpc) is 2.91. The van der Waals surface area contributed by atoms with Gasteiger partial charge in [-0.05, 0) is 5.57 Å². The van der Waals surface area contributed by atoms with Gasteiger partial charge in [-0.2, -0.15) is 9.97 Å². The summed E-state index contributed by atoms with van der Waals surface area (Å²) in [4.78, 5) is 12.1. The molecule has 0 aromatic carbocycles. The first kappa shape index (κ1) is 11.9. The second-order valence-electron chi connectivity index (χ2n) is 4.50. The molecule has 0 saturated heterocycles. The van der Waals surface area contributed by atoms with Crippen LogP contribution in [0, 0.1) is 11.8 Å². The second kappa shape index (κ2) is 4.18. The molecule has 0 aliphatic heterocycles. The van der Waals surface area contributed by atoms with E-state index in [1.807, 2.05) is 0 Å². The highest BCUT2D eigenvalue weighted by atomic mass is 16.3. The van der Waals surface area contributed by atoms with Crippen molar-refractivity contribution in [1.82, 2.24) is 19.5 Å². The fourth-order valence-electron chi connectivity index (χ4n) is 2.27. The maximum absolute atomic E-state index is 9.17. The van der Waals surface area contributed by atoms with E-state index in [2.05, 4.69) is 15.0 Å². The molecule has 1 aliphatic rings. The lowest BCUT2D eigenvalue weighted by Gasteiger charge is -1.98. The largest absolute Gasteiger partial charge is 0.396 e. The number of nitrogens with two attached hydrogens (primary N) is 2. The Bertz CT molecular complexity index is 652. The second-order valence-corrected chi connectivity index (χ2v) is 4.50. The van der Waals surface area contributed by atoms with E-state index in [-0.39, 0.29) is 36.8 Å². The summed E-state index contributed by atoms with van der Waals surface area (Å²) >= 11 is 0.